The molecule has 0 aliphatic carbocycles. The summed E-state index contributed by atoms with van der Waals surface area (Å²) >= 11 is 5.15. The first-order valence-electron chi connectivity index (χ1n) is 5.57. The van der Waals surface area contributed by atoms with Crippen LogP contribution in [0.2, 0.25) is 0 Å². The number of ether oxygens (including phenoxy) is 1. The highest BCUT2D eigenvalue weighted by molar-refractivity contribution is 7.80. The van der Waals surface area contributed by atoms with Crippen molar-refractivity contribution in [2.45, 2.75) is 26.8 Å². The van der Waals surface area contributed by atoms with E-state index < -0.39 is 0 Å². The number of thiocarbonyl (C=S) groups is 1. The van der Waals surface area contributed by atoms with Crippen molar-refractivity contribution in [2.75, 3.05) is 20.3 Å². The van der Waals surface area contributed by atoms with E-state index in [4.69, 9.17) is 21.5 Å². The molecule has 1 aromatic heterocycles. The molecule has 96 valence electrons. The van der Waals surface area contributed by atoms with Crippen LogP contribution < -0.4 is 10.6 Å². The number of aromatic nitrogens is 1. The van der Waals surface area contributed by atoms with Crippen LogP contribution in [-0.4, -0.2) is 30.5 Å². The van der Waals surface area contributed by atoms with Gasteiger partial charge in [0.05, 0.1) is 5.69 Å². The lowest BCUT2D eigenvalue weighted by Crippen LogP contribution is -2.35. The monoisotopic (exact) mass is 257 g/mol. The van der Waals surface area contributed by atoms with E-state index in [1.54, 1.807) is 7.11 Å². The topological polar surface area (TPSA) is 59.3 Å². The molecule has 1 heterocycles. The van der Waals surface area contributed by atoms with Gasteiger partial charge < -0.3 is 19.9 Å². The predicted molar refractivity (Wildman–Crippen MR) is 69.9 cm³/mol. The summed E-state index contributed by atoms with van der Waals surface area (Å²) in [5.41, 5.74) is 1.96. The SMILES string of the molecule is COCCCNC(=S)NCc1c(C)noc1C. The van der Waals surface area contributed by atoms with Crippen molar-refractivity contribution in [3.05, 3.63) is 17.0 Å². The van der Waals surface area contributed by atoms with Gasteiger partial charge in [-0.2, -0.15) is 0 Å². The lowest BCUT2D eigenvalue weighted by atomic mass is 10.2. The first-order chi connectivity index (χ1) is 8.15. The molecule has 0 atom stereocenters. The van der Waals surface area contributed by atoms with Gasteiger partial charge in [0, 0.05) is 32.4 Å². The summed E-state index contributed by atoms with van der Waals surface area (Å²) in [7, 11) is 1.69. The zero-order chi connectivity index (χ0) is 12.7. The van der Waals surface area contributed by atoms with Crippen LogP contribution in [0.4, 0.5) is 0 Å². The van der Waals surface area contributed by atoms with Gasteiger partial charge >= 0.3 is 0 Å². The summed E-state index contributed by atoms with van der Waals surface area (Å²) in [6.07, 6.45) is 0.934. The van der Waals surface area contributed by atoms with Gasteiger partial charge in [-0.1, -0.05) is 5.16 Å². The quantitative estimate of drug-likeness (QED) is 0.591. The summed E-state index contributed by atoms with van der Waals surface area (Å²) in [5.74, 6) is 0.831. The second kappa shape index (κ2) is 7.24. The average Bonchev–Trinajstić information content (AvgIpc) is 2.62. The number of methoxy groups -OCH3 is 1. The summed E-state index contributed by atoms with van der Waals surface area (Å²) in [5, 5.41) is 10.8. The van der Waals surface area contributed by atoms with Crippen LogP contribution in [-0.2, 0) is 11.3 Å². The molecule has 0 fully saturated rings. The number of nitrogens with zero attached hydrogens (tertiary/aromatic N) is 1. The molecule has 0 aromatic carbocycles. The minimum Gasteiger partial charge on any atom is -0.385 e. The van der Waals surface area contributed by atoms with E-state index in [9.17, 15) is 0 Å². The predicted octanol–water partition coefficient (Wildman–Crippen LogP) is 1.29. The Kier molecular flexibility index (Phi) is 5.93. The van der Waals surface area contributed by atoms with Gasteiger partial charge in [0.25, 0.3) is 0 Å². The van der Waals surface area contributed by atoms with Crippen LogP contribution in [0.25, 0.3) is 0 Å². The van der Waals surface area contributed by atoms with Crippen molar-refractivity contribution in [3.8, 4) is 0 Å². The van der Waals surface area contributed by atoms with Crippen molar-refractivity contribution in [3.63, 3.8) is 0 Å². The Bertz CT molecular complexity index is 346. The largest absolute Gasteiger partial charge is 0.385 e. The maximum atomic E-state index is 5.15. The van der Waals surface area contributed by atoms with Gasteiger partial charge in [-0.15, -0.1) is 0 Å². The molecule has 0 radical (unpaired) electrons. The molecule has 5 nitrogen and oxygen atoms in total. The second-order valence-electron chi connectivity index (χ2n) is 3.76. The first kappa shape index (κ1) is 13.9. The summed E-state index contributed by atoms with van der Waals surface area (Å²) in [4.78, 5) is 0. The molecule has 0 bridgehead atoms. The minimum atomic E-state index is 0.636. The van der Waals surface area contributed by atoms with Crippen molar-refractivity contribution in [1.29, 1.82) is 0 Å². The molecule has 0 aliphatic rings. The smallest absolute Gasteiger partial charge is 0.166 e. The zero-order valence-electron chi connectivity index (χ0n) is 10.5. The number of nitrogens with one attached hydrogen (secondary N) is 2. The summed E-state index contributed by atoms with van der Waals surface area (Å²) in [6.45, 7) is 5.99. The van der Waals surface area contributed by atoms with Crippen LogP contribution in [0.1, 0.15) is 23.4 Å². The molecule has 0 unspecified atom stereocenters. The highest BCUT2D eigenvalue weighted by atomic mass is 32.1. The highest BCUT2D eigenvalue weighted by Gasteiger charge is 2.08. The van der Waals surface area contributed by atoms with E-state index in [-0.39, 0.29) is 0 Å². The van der Waals surface area contributed by atoms with Crippen LogP contribution in [0.3, 0.4) is 0 Å². The Morgan fingerprint density at radius 2 is 2.18 bits per heavy atom. The third-order valence-corrected chi connectivity index (χ3v) is 2.71. The van der Waals surface area contributed by atoms with Gasteiger partial charge in [0.1, 0.15) is 5.76 Å². The summed E-state index contributed by atoms with van der Waals surface area (Å²) in [6, 6.07) is 0. The molecule has 0 aliphatic heterocycles. The van der Waals surface area contributed by atoms with E-state index in [0.717, 1.165) is 36.6 Å². The molecule has 1 rings (SSSR count). The lowest BCUT2D eigenvalue weighted by Gasteiger charge is -2.09. The van der Waals surface area contributed by atoms with Crippen LogP contribution in [0, 0.1) is 13.8 Å². The summed E-state index contributed by atoms with van der Waals surface area (Å²) < 4.78 is 10.0. The fourth-order valence-corrected chi connectivity index (χ4v) is 1.58. The van der Waals surface area contributed by atoms with Crippen molar-refractivity contribution >= 4 is 17.3 Å². The van der Waals surface area contributed by atoms with Gasteiger partial charge in [-0.05, 0) is 32.5 Å². The number of hydrogen-bond donors (Lipinski definition) is 2. The molecule has 0 amide bonds. The number of rotatable bonds is 6. The standard InChI is InChI=1S/C11H19N3O2S/c1-8-10(9(2)16-14-8)7-13-11(17)12-5-4-6-15-3/h4-7H2,1-3H3,(H2,12,13,17). The van der Waals surface area contributed by atoms with Crippen molar-refractivity contribution in [1.82, 2.24) is 15.8 Å². The second-order valence-corrected chi connectivity index (χ2v) is 4.17. The minimum absolute atomic E-state index is 0.636. The van der Waals surface area contributed by atoms with E-state index >= 15 is 0 Å². The molecule has 17 heavy (non-hydrogen) atoms. The van der Waals surface area contributed by atoms with Gasteiger partial charge in [0.15, 0.2) is 5.11 Å². The first-order valence-corrected chi connectivity index (χ1v) is 5.98. The molecular formula is C11H19N3O2S. The molecule has 0 spiro atoms. The third kappa shape index (κ3) is 4.70. The lowest BCUT2D eigenvalue weighted by molar-refractivity contribution is 0.195. The van der Waals surface area contributed by atoms with Crippen molar-refractivity contribution < 1.29 is 9.26 Å². The normalized spacial score (nSPS) is 10.3. The molecule has 0 saturated carbocycles. The Labute approximate surface area is 107 Å². The number of aryl methyl sites for hydroxylation is 2. The van der Waals surface area contributed by atoms with Crippen LogP contribution in [0.15, 0.2) is 4.52 Å². The third-order valence-electron chi connectivity index (χ3n) is 2.42. The van der Waals surface area contributed by atoms with E-state index in [2.05, 4.69) is 15.8 Å². The molecule has 0 saturated heterocycles. The van der Waals surface area contributed by atoms with E-state index in [1.807, 2.05) is 13.8 Å². The molecule has 2 N–H and O–H groups in total. The van der Waals surface area contributed by atoms with Gasteiger partial charge in [-0.25, -0.2) is 0 Å². The Balaban J connectivity index is 2.24. The Morgan fingerprint density at radius 3 is 2.76 bits per heavy atom. The fraction of sp³-hybridized carbons (Fsp3) is 0.636. The number of hydrogen-bond acceptors (Lipinski definition) is 4. The van der Waals surface area contributed by atoms with E-state index in [0.29, 0.717) is 11.7 Å². The van der Waals surface area contributed by atoms with Gasteiger partial charge in [0.2, 0.25) is 0 Å². The van der Waals surface area contributed by atoms with Crippen LogP contribution in [0.5, 0.6) is 0 Å². The Morgan fingerprint density at radius 1 is 1.41 bits per heavy atom. The average molecular weight is 257 g/mol. The van der Waals surface area contributed by atoms with Crippen LogP contribution >= 0.6 is 12.2 Å². The van der Waals surface area contributed by atoms with E-state index in [1.165, 1.54) is 0 Å². The molecule has 1 aromatic rings. The zero-order valence-corrected chi connectivity index (χ0v) is 11.3. The fourth-order valence-electron chi connectivity index (χ4n) is 1.40. The highest BCUT2D eigenvalue weighted by Crippen LogP contribution is 2.11. The molecular weight excluding hydrogens is 238 g/mol. The maximum absolute atomic E-state index is 5.15. The van der Waals surface area contributed by atoms with Gasteiger partial charge in [-0.3, -0.25) is 0 Å². The van der Waals surface area contributed by atoms with Crippen molar-refractivity contribution in [2.24, 2.45) is 0 Å². The molecule has 6 heteroatoms. The Hall–Kier alpha value is -1.14. The maximum Gasteiger partial charge on any atom is 0.166 e.